The second kappa shape index (κ2) is 3.73. The first-order valence-corrected chi connectivity index (χ1v) is 4.89. The fourth-order valence-corrected chi connectivity index (χ4v) is 1.54. The van der Waals surface area contributed by atoms with Crippen LogP contribution >= 0.6 is 0 Å². The van der Waals surface area contributed by atoms with Gasteiger partial charge in [0.25, 0.3) is 0 Å². The molecule has 0 saturated carbocycles. The summed E-state index contributed by atoms with van der Waals surface area (Å²) in [4.78, 5) is 4.09. The third-order valence-electron chi connectivity index (χ3n) is 2.56. The van der Waals surface area contributed by atoms with Gasteiger partial charge in [0.2, 0.25) is 0 Å². The van der Waals surface area contributed by atoms with Gasteiger partial charge in [-0.3, -0.25) is 4.98 Å². The van der Waals surface area contributed by atoms with Gasteiger partial charge in [-0.15, -0.1) is 0 Å². The fourth-order valence-electron chi connectivity index (χ4n) is 1.54. The summed E-state index contributed by atoms with van der Waals surface area (Å²) in [6.07, 6.45) is 3.59. The normalized spacial score (nSPS) is 10.3. The number of hydrogen-bond donors (Lipinski definition) is 1. The largest absolute Gasteiger partial charge is 0.508 e. The van der Waals surface area contributed by atoms with Crippen LogP contribution in [0.2, 0.25) is 0 Å². The van der Waals surface area contributed by atoms with Gasteiger partial charge in [0.15, 0.2) is 0 Å². The number of nitrogens with zero attached hydrogens (tertiary/aromatic N) is 1. The predicted molar refractivity (Wildman–Crippen MR) is 60.8 cm³/mol. The molecule has 2 aromatic rings. The second-order valence-electron chi connectivity index (χ2n) is 3.69. The van der Waals surface area contributed by atoms with E-state index in [-0.39, 0.29) is 0 Å². The quantitative estimate of drug-likeness (QED) is 0.765. The van der Waals surface area contributed by atoms with E-state index < -0.39 is 0 Å². The summed E-state index contributed by atoms with van der Waals surface area (Å²) in [5, 5.41) is 9.63. The molecule has 0 radical (unpaired) electrons. The lowest BCUT2D eigenvalue weighted by atomic mass is 10.0. The third-order valence-corrected chi connectivity index (χ3v) is 2.56. The van der Waals surface area contributed by atoms with Crippen LogP contribution in [-0.2, 0) is 0 Å². The van der Waals surface area contributed by atoms with Crippen LogP contribution in [0, 0.1) is 13.8 Å². The molecule has 1 N–H and O–H groups in total. The van der Waals surface area contributed by atoms with Crippen LogP contribution in [0.4, 0.5) is 0 Å². The Balaban J connectivity index is 2.55. The molecular weight excluding hydrogens is 186 g/mol. The summed E-state index contributed by atoms with van der Waals surface area (Å²) in [6, 6.07) is 7.65. The van der Waals surface area contributed by atoms with Crippen molar-refractivity contribution in [1.29, 1.82) is 0 Å². The number of phenolic OH excluding ortho intramolecular Hbond substituents is 1. The number of benzene rings is 1. The van der Waals surface area contributed by atoms with Crippen molar-refractivity contribution in [3.8, 4) is 16.9 Å². The zero-order valence-electron chi connectivity index (χ0n) is 8.86. The summed E-state index contributed by atoms with van der Waals surface area (Å²) >= 11 is 0. The van der Waals surface area contributed by atoms with Gasteiger partial charge in [-0.2, -0.15) is 0 Å². The van der Waals surface area contributed by atoms with E-state index in [0.717, 1.165) is 22.3 Å². The fraction of sp³-hybridized carbons (Fsp3) is 0.154. The average molecular weight is 199 g/mol. The molecule has 1 aromatic heterocycles. The van der Waals surface area contributed by atoms with Crippen molar-refractivity contribution in [3.63, 3.8) is 0 Å². The van der Waals surface area contributed by atoms with Crippen LogP contribution in [0.5, 0.6) is 5.75 Å². The number of hydrogen-bond acceptors (Lipinski definition) is 2. The van der Waals surface area contributed by atoms with E-state index in [0.29, 0.717) is 5.75 Å². The molecule has 0 saturated heterocycles. The Labute approximate surface area is 89.2 Å². The van der Waals surface area contributed by atoms with E-state index in [1.807, 2.05) is 38.2 Å². The zero-order chi connectivity index (χ0) is 10.8. The first kappa shape index (κ1) is 9.71. The van der Waals surface area contributed by atoms with Gasteiger partial charge < -0.3 is 5.11 Å². The van der Waals surface area contributed by atoms with E-state index in [9.17, 15) is 5.11 Å². The maximum Gasteiger partial charge on any atom is 0.119 e. The monoisotopic (exact) mass is 199 g/mol. The molecule has 0 bridgehead atoms. The molecule has 0 aliphatic carbocycles. The maximum absolute atomic E-state index is 9.63. The number of aryl methyl sites for hydroxylation is 2. The summed E-state index contributed by atoms with van der Waals surface area (Å²) in [5.74, 6) is 0.329. The minimum absolute atomic E-state index is 0.329. The number of pyridine rings is 1. The molecule has 1 aromatic carbocycles. The van der Waals surface area contributed by atoms with Gasteiger partial charge in [0.1, 0.15) is 5.75 Å². The molecule has 2 rings (SSSR count). The smallest absolute Gasteiger partial charge is 0.119 e. The van der Waals surface area contributed by atoms with Crippen LogP contribution in [0.1, 0.15) is 11.1 Å². The van der Waals surface area contributed by atoms with Crippen molar-refractivity contribution in [2.24, 2.45) is 0 Å². The number of aromatic nitrogens is 1. The van der Waals surface area contributed by atoms with E-state index >= 15 is 0 Å². The Morgan fingerprint density at radius 2 is 1.87 bits per heavy atom. The highest BCUT2D eigenvalue weighted by molar-refractivity contribution is 5.68. The molecule has 0 atom stereocenters. The molecule has 0 aliphatic rings. The van der Waals surface area contributed by atoms with Crippen LogP contribution in [0.25, 0.3) is 11.1 Å². The van der Waals surface area contributed by atoms with Gasteiger partial charge in [-0.25, -0.2) is 0 Å². The van der Waals surface area contributed by atoms with Crippen molar-refractivity contribution >= 4 is 0 Å². The van der Waals surface area contributed by atoms with Crippen LogP contribution in [-0.4, -0.2) is 10.1 Å². The van der Waals surface area contributed by atoms with Crippen LogP contribution in [0.15, 0.2) is 36.7 Å². The van der Waals surface area contributed by atoms with E-state index in [1.165, 1.54) is 0 Å². The van der Waals surface area contributed by atoms with Crippen molar-refractivity contribution in [2.75, 3.05) is 0 Å². The van der Waals surface area contributed by atoms with Crippen molar-refractivity contribution < 1.29 is 5.11 Å². The maximum atomic E-state index is 9.63. The molecule has 0 aliphatic heterocycles. The first-order chi connectivity index (χ1) is 7.18. The Morgan fingerprint density at radius 3 is 2.53 bits per heavy atom. The summed E-state index contributed by atoms with van der Waals surface area (Å²) in [7, 11) is 0. The van der Waals surface area contributed by atoms with Crippen LogP contribution < -0.4 is 0 Å². The summed E-state index contributed by atoms with van der Waals surface area (Å²) in [6.45, 7) is 3.92. The second-order valence-corrected chi connectivity index (χ2v) is 3.69. The first-order valence-electron chi connectivity index (χ1n) is 4.89. The molecule has 2 nitrogen and oxygen atoms in total. The molecule has 0 amide bonds. The molecule has 1 heterocycles. The Morgan fingerprint density at radius 1 is 1.07 bits per heavy atom. The number of phenols is 1. The van der Waals surface area contributed by atoms with E-state index in [2.05, 4.69) is 4.98 Å². The molecule has 0 unspecified atom stereocenters. The topological polar surface area (TPSA) is 33.1 Å². The van der Waals surface area contributed by atoms with Gasteiger partial charge in [0, 0.05) is 18.0 Å². The summed E-state index contributed by atoms with van der Waals surface area (Å²) in [5.41, 5.74) is 4.12. The Kier molecular flexibility index (Phi) is 2.42. The molecule has 15 heavy (non-hydrogen) atoms. The van der Waals surface area contributed by atoms with Gasteiger partial charge in [-0.05, 0) is 42.7 Å². The lowest BCUT2D eigenvalue weighted by molar-refractivity contribution is 0.471. The standard InChI is InChI=1S/C13H13NO/c1-9-5-6-14-8-12(9)11-4-3-10(2)13(15)7-11/h3-8,15H,1-2H3. The van der Waals surface area contributed by atoms with Crippen molar-refractivity contribution in [2.45, 2.75) is 13.8 Å². The lowest BCUT2D eigenvalue weighted by Crippen LogP contribution is -1.85. The number of aromatic hydroxyl groups is 1. The summed E-state index contributed by atoms with van der Waals surface area (Å²) < 4.78 is 0. The molecule has 0 fully saturated rings. The Hall–Kier alpha value is -1.83. The highest BCUT2D eigenvalue weighted by atomic mass is 16.3. The van der Waals surface area contributed by atoms with E-state index in [1.54, 1.807) is 12.3 Å². The molecular formula is C13H13NO. The minimum atomic E-state index is 0.329. The average Bonchev–Trinajstić information content (AvgIpc) is 2.23. The van der Waals surface area contributed by atoms with Crippen LogP contribution in [0.3, 0.4) is 0 Å². The molecule has 0 spiro atoms. The van der Waals surface area contributed by atoms with E-state index in [4.69, 9.17) is 0 Å². The van der Waals surface area contributed by atoms with Gasteiger partial charge in [0.05, 0.1) is 0 Å². The van der Waals surface area contributed by atoms with Crippen molar-refractivity contribution in [3.05, 3.63) is 47.8 Å². The Bertz CT molecular complexity index is 492. The lowest BCUT2D eigenvalue weighted by Gasteiger charge is -2.06. The minimum Gasteiger partial charge on any atom is -0.508 e. The van der Waals surface area contributed by atoms with Gasteiger partial charge in [-0.1, -0.05) is 12.1 Å². The molecule has 2 heteroatoms. The highest BCUT2D eigenvalue weighted by Crippen LogP contribution is 2.27. The SMILES string of the molecule is Cc1ccc(-c2cnccc2C)cc1O. The van der Waals surface area contributed by atoms with Gasteiger partial charge >= 0.3 is 0 Å². The third kappa shape index (κ3) is 1.84. The highest BCUT2D eigenvalue weighted by Gasteiger charge is 2.03. The van der Waals surface area contributed by atoms with Crippen molar-refractivity contribution in [1.82, 2.24) is 4.98 Å². The zero-order valence-corrected chi connectivity index (χ0v) is 8.86. The molecule has 76 valence electrons. The number of rotatable bonds is 1. The predicted octanol–water partition coefficient (Wildman–Crippen LogP) is 3.07.